The predicted molar refractivity (Wildman–Crippen MR) is 37.1 cm³/mol. The van der Waals surface area contributed by atoms with E-state index in [2.05, 4.69) is 11.1 Å². The molecule has 0 bridgehead atoms. The van der Waals surface area contributed by atoms with Gasteiger partial charge in [0.15, 0.2) is 0 Å². The smallest absolute Gasteiger partial charge is 0.133 e. The van der Waals surface area contributed by atoms with Crippen molar-refractivity contribution in [2.24, 2.45) is 0 Å². The van der Waals surface area contributed by atoms with Crippen LogP contribution >= 0.6 is 0 Å². The molecule has 0 saturated carbocycles. The first-order valence-corrected chi connectivity index (χ1v) is 3.01. The third-order valence-electron chi connectivity index (χ3n) is 1.46. The van der Waals surface area contributed by atoms with Gasteiger partial charge >= 0.3 is 0 Å². The first-order chi connectivity index (χ1) is 4.88. The highest BCUT2D eigenvalue weighted by Crippen LogP contribution is 2.13. The third kappa shape index (κ3) is 0.620. The highest BCUT2D eigenvalue weighted by atomic mass is 19.1. The highest BCUT2D eigenvalue weighted by molar-refractivity contribution is 5.78. The van der Waals surface area contributed by atoms with Crippen molar-refractivity contribution < 1.29 is 4.39 Å². The van der Waals surface area contributed by atoms with E-state index in [1.807, 2.05) is 6.07 Å². The van der Waals surface area contributed by atoms with Crippen molar-refractivity contribution in [2.45, 2.75) is 0 Å². The predicted octanol–water partition coefficient (Wildman–Crippen LogP) is 2.11. The van der Waals surface area contributed by atoms with Crippen LogP contribution in [0.25, 0.3) is 10.9 Å². The molecule has 2 aromatic rings. The molecule has 0 aliphatic rings. The lowest BCUT2D eigenvalue weighted by atomic mass is 10.2. The van der Waals surface area contributed by atoms with Crippen molar-refractivity contribution >= 4 is 10.9 Å². The Labute approximate surface area is 57.5 Å². The lowest BCUT2D eigenvalue weighted by molar-refractivity contribution is 0.640. The fraction of sp³-hybridized carbons (Fsp3) is 0. The SMILES string of the molecule is Fc1cccc2[nH]c[c]c12. The summed E-state index contributed by atoms with van der Waals surface area (Å²) in [6.07, 6.45) is 1.60. The standard InChI is InChI=1S/C8H5FN/c9-7-2-1-3-8-6(7)4-5-10-8/h1-3,5,10H. The minimum absolute atomic E-state index is 0.223. The Bertz CT molecular complexity index is 351. The minimum atomic E-state index is -0.223. The Morgan fingerprint density at radius 2 is 2.30 bits per heavy atom. The van der Waals surface area contributed by atoms with Gasteiger partial charge in [0.05, 0.1) is 0 Å². The van der Waals surface area contributed by atoms with Gasteiger partial charge in [-0.3, -0.25) is 0 Å². The summed E-state index contributed by atoms with van der Waals surface area (Å²) in [5.74, 6) is -0.223. The van der Waals surface area contributed by atoms with E-state index in [4.69, 9.17) is 0 Å². The normalized spacial score (nSPS) is 10.5. The first kappa shape index (κ1) is 5.47. The number of hydrogen-bond donors (Lipinski definition) is 1. The molecule has 0 amide bonds. The Morgan fingerprint density at radius 3 is 3.10 bits per heavy atom. The minimum Gasteiger partial charge on any atom is -0.360 e. The number of benzene rings is 1. The Kier molecular flexibility index (Phi) is 1.01. The van der Waals surface area contributed by atoms with Crippen LogP contribution < -0.4 is 0 Å². The number of fused-ring (bicyclic) bond motifs is 1. The van der Waals surface area contributed by atoms with E-state index >= 15 is 0 Å². The van der Waals surface area contributed by atoms with Gasteiger partial charge in [-0.1, -0.05) is 6.07 Å². The van der Waals surface area contributed by atoms with E-state index < -0.39 is 0 Å². The highest BCUT2D eigenvalue weighted by Gasteiger charge is 1.97. The second kappa shape index (κ2) is 1.84. The number of H-pyrrole nitrogens is 1. The number of nitrogens with one attached hydrogen (secondary N) is 1. The molecule has 10 heavy (non-hydrogen) atoms. The first-order valence-electron chi connectivity index (χ1n) is 3.01. The van der Waals surface area contributed by atoms with Crippen LogP contribution in [0.3, 0.4) is 0 Å². The molecule has 1 aromatic carbocycles. The molecule has 1 nitrogen and oxygen atoms in total. The van der Waals surface area contributed by atoms with Gasteiger partial charge in [-0.2, -0.15) is 0 Å². The van der Waals surface area contributed by atoms with Crippen LogP contribution in [0.1, 0.15) is 0 Å². The second-order valence-corrected chi connectivity index (χ2v) is 2.10. The number of hydrogen-bond acceptors (Lipinski definition) is 0. The van der Waals surface area contributed by atoms with Crippen molar-refractivity contribution in [1.82, 2.24) is 4.98 Å². The maximum Gasteiger partial charge on any atom is 0.133 e. The van der Waals surface area contributed by atoms with E-state index in [9.17, 15) is 4.39 Å². The van der Waals surface area contributed by atoms with Gasteiger partial charge < -0.3 is 4.98 Å². The summed E-state index contributed by atoms with van der Waals surface area (Å²) >= 11 is 0. The van der Waals surface area contributed by atoms with Crippen molar-refractivity contribution in [2.75, 3.05) is 0 Å². The zero-order valence-corrected chi connectivity index (χ0v) is 5.19. The van der Waals surface area contributed by atoms with Crippen LogP contribution in [0, 0.1) is 11.9 Å². The molecule has 0 saturated heterocycles. The molecule has 0 aliphatic heterocycles. The van der Waals surface area contributed by atoms with Crippen LogP contribution in [-0.4, -0.2) is 4.98 Å². The molecule has 0 spiro atoms. The summed E-state index contributed by atoms with van der Waals surface area (Å²) in [6.45, 7) is 0. The third-order valence-corrected chi connectivity index (χ3v) is 1.46. The quantitative estimate of drug-likeness (QED) is 0.568. The molecule has 49 valence electrons. The van der Waals surface area contributed by atoms with Crippen molar-refractivity contribution in [3.63, 3.8) is 0 Å². The zero-order chi connectivity index (χ0) is 6.97. The van der Waals surface area contributed by atoms with Gasteiger partial charge in [0, 0.05) is 23.2 Å². The van der Waals surface area contributed by atoms with Crippen LogP contribution in [0.15, 0.2) is 24.4 Å². The molecule has 1 heterocycles. The molecule has 0 fully saturated rings. The van der Waals surface area contributed by atoms with Crippen LogP contribution in [0.5, 0.6) is 0 Å². The maximum absolute atomic E-state index is 12.8. The summed E-state index contributed by atoms with van der Waals surface area (Å²) in [4.78, 5) is 2.86. The largest absolute Gasteiger partial charge is 0.360 e. The lowest BCUT2D eigenvalue weighted by Crippen LogP contribution is -1.72. The molecule has 1 radical (unpaired) electrons. The number of aromatic nitrogens is 1. The number of halogens is 1. The summed E-state index contributed by atoms with van der Waals surface area (Å²) in [5, 5.41) is 0.530. The Hall–Kier alpha value is -1.31. The summed E-state index contributed by atoms with van der Waals surface area (Å²) < 4.78 is 12.8. The van der Waals surface area contributed by atoms with Gasteiger partial charge in [-0.15, -0.1) is 0 Å². The van der Waals surface area contributed by atoms with Gasteiger partial charge in [0.1, 0.15) is 5.82 Å². The monoisotopic (exact) mass is 134 g/mol. The molecule has 0 unspecified atom stereocenters. The fourth-order valence-electron chi connectivity index (χ4n) is 0.977. The Morgan fingerprint density at radius 1 is 1.40 bits per heavy atom. The molecule has 0 aliphatic carbocycles. The topological polar surface area (TPSA) is 15.8 Å². The molecule has 0 atom stereocenters. The lowest BCUT2D eigenvalue weighted by Gasteiger charge is -1.88. The number of rotatable bonds is 0. The number of aromatic amines is 1. The average Bonchev–Trinajstić information content (AvgIpc) is 2.36. The fourth-order valence-corrected chi connectivity index (χ4v) is 0.977. The van der Waals surface area contributed by atoms with Crippen LogP contribution in [-0.2, 0) is 0 Å². The molecule has 2 rings (SSSR count). The van der Waals surface area contributed by atoms with Gasteiger partial charge in [0.2, 0.25) is 0 Å². The van der Waals surface area contributed by atoms with Crippen molar-refractivity contribution in [3.05, 3.63) is 36.3 Å². The van der Waals surface area contributed by atoms with Gasteiger partial charge in [-0.25, -0.2) is 4.39 Å². The van der Waals surface area contributed by atoms with Gasteiger partial charge in [-0.05, 0) is 12.1 Å². The van der Waals surface area contributed by atoms with E-state index in [0.29, 0.717) is 5.39 Å². The van der Waals surface area contributed by atoms with E-state index in [-0.39, 0.29) is 5.82 Å². The molecular weight excluding hydrogens is 129 g/mol. The summed E-state index contributed by atoms with van der Waals surface area (Å²) in [7, 11) is 0. The second-order valence-electron chi connectivity index (χ2n) is 2.10. The van der Waals surface area contributed by atoms with E-state index in [1.54, 1.807) is 12.3 Å². The van der Waals surface area contributed by atoms with Gasteiger partial charge in [0.25, 0.3) is 0 Å². The molecular formula is C8H5FN. The maximum atomic E-state index is 12.8. The zero-order valence-electron chi connectivity index (χ0n) is 5.19. The summed E-state index contributed by atoms with van der Waals surface area (Å²) in [5.41, 5.74) is 0.792. The van der Waals surface area contributed by atoms with Crippen molar-refractivity contribution in [1.29, 1.82) is 0 Å². The van der Waals surface area contributed by atoms with Crippen molar-refractivity contribution in [3.8, 4) is 0 Å². The van der Waals surface area contributed by atoms with E-state index in [0.717, 1.165) is 5.52 Å². The van der Waals surface area contributed by atoms with Crippen LogP contribution in [0.4, 0.5) is 4.39 Å². The van der Waals surface area contributed by atoms with Crippen LogP contribution in [0.2, 0.25) is 0 Å². The molecule has 1 aromatic heterocycles. The average molecular weight is 134 g/mol. The summed E-state index contributed by atoms with van der Waals surface area (Å²) in [6, 6.07) is 7.66. The molecule has 2 heteroatoms. The van der Waals surface area contributed by atoms with E-state index in [1.165, 1.54) is 6.07 Å². The Balaban J connectivity index is 2.95. The molecule has 1 N–H and O–H groups in total.